The lowest BCUT2D eigenvalue weighted by molar-refractivity contribution is -0.0600. The van der Waals surface area contributed by atoms with E-state index in [1.807, 2.05) is 28.8 Å². The number of nitrogens with zero attached hydrogens (tertiary/aromatic N) is 5. The molecule has 0 bridgehead atoms. The highest BCUT2D eigenvalue weighted by Gasteiger charge is 2.27. The number of aromatic nitrogens is 3. The zero-order valence-electron chi connectivity index (χ0n) is 23.2. The number of rotatable bonds is 9. The third kappa shape index (κ3) is 5.85. The van der Waals surface area contributed by atoms with Crippen molar-refractivity contribution in [1.29, 1.82) is 5.26 Å². The lowest BCUT2D eigenvalue weighted by Crippen LogP contribution is -2.39. The molecule has 2 aliphatic rings. The average Bonchev–Trinajstić information content (AvgIpc) is 3.34. The van der Waals surface area contributed by atoms with E-state index in [9.17, 15) is 9.18 Å². The number of fused-ring (bicyclic) bond motifs is 1. The van der Waals surface area contributed by atoms with Crippen LogP contribution in [-0.4, -0.2) is 59.5 Å². The molecule has 0 aliphatic carbocycles. The standard InChI is InChI=1S/C31H30FN5O5/c1-39-30(38)21-7-8-26-27(16-21)37(18-24-11-14-40-24)31(34-26)42-23-9-12-36(13-10-23)28-3-2-4-29(35-28)41-19-22-6-5-20(17-33)15-25(22)32/h2-8,15-16,23-24H,9-14,18-19H2,1H3/t24-/m0/s1. The summed E-state index contributed by atoms with van der Waals surface area (Å²) in [5, 5.41) is 8.93. The fourth-order valence-electron chi connectivity index (χ4n) is 5.14. The molecular formula is C31H30FN5O5. The van der Waals surface area contributed by atoms with E-state index in [2.05, 4.69) is 9.88 Å². The van der Waals surface area contributed by atoms with Gasteiger partial charge in [0.2, 0.25) is 5.88 Å². The summed E-state index contributed by atoms with van der Waals surface area (Å²) < 4.78 is 39.0. The lowest BCUT2D eigenvalue weighted by atomic mass is 10.1. The van der Waals surface area contributed by atoms with Crippen LogP contribution in [0, 0.1) is 17.1 Å². The molecule has 2 saturated heterocycles. The molecule has 1 atom stereocenters. The zero-order valence-corrected chi connectivity index (χ0v) is 23.2. The summed E-state index contributed by atoms with van der Waals surface area (Å²) in [6.45, 7) is 2.80. The molecule has 0 N–H and O–H groups in total. The quantitative estimate of drug-likeness (QED) is 0.265. The first-order valence-corrected chi connectivity index (χ1v) is 13.9. The number of nitriles is 1. The summed E-state index contributed by atoms with van der Waals surface area (Å²) in [6.07, 6.45) is 2.53. The van der Waals surface area contributed by atoms with Crippen LogP contribution < -0.4 is 14.4 Å². The Hall–Kier alpha value is -4.69. The number of hydrogen-bond acceptors (Lipinski definition) is 9. The maximum Gasteiger partial charge on any atom is 0.337 e. The molecule has 10 nitrogen and oxygen atoms in total. The number of hydrogen-bond donors (Lipinski definition) is 0. The van der Waals surface area contributed by atoms with E-state index >= 15 is 0 Å². The van der Waals surface area contributed by atoms with Crippen LogP contribution in [0.5, 0.6) is 11.9 Å². The van der Waals surface area contributed by atoms with Gasteiger partial charge in [-0.2, -0.15) is 15.2 Å². The van der Waals surface area contributed by atoms with E-state index in [1.54, 1.807) is 30.3 Å². The van der Waals surface area contributed by atoms with Gasteiger partial charge in [-0.15, -0.1) is 0 Å². The molecule has 0 unspecified atom stereocenters. The van der Waals surface area contributed by atoms with Crippen LogP contribution >= 0.6 is 0 Å². The van der Waals surface area contributed by atoms with E-state index in [0.717, 1.165) is 55.8 Å². The summed E-state index contributed by atoms with van der Waals surface area (Å²) in [5.74, 6) is 0.289. The van der Waals surface area contributed by atoms with Crippen molar-refractivity contribution in [2.45, 2.75) is 44.6 Å². The monoisotopic (exact) mass is 571 g/mol. The fraction of sp³-hybridized carbons (Fsp3) is 0.355. The molecule has 4 heterocycles. The van der Waals surface area contributed by atoms with Crippen LogP contribution in [0.1, 0.15) is 40.7 Å². The molecule has 216 valence electrons. The number of esters is 1. The van der Waals surface area contributed by atoms with Crippen molar-refractivity contribution in [1.82, 2.24) is 14.5 Å². The maximum atomic E-state index is 14.2. The number of halogens is 1. The molecule has 0 radical (unpaired) electrons. The molecule has 2 aromatic carbocycles. The summed E-state index contributed by atoms with van der Waals surface area (Å²) >= 11 is 0. The summed E-state index contributed by atoms with van der Waals surface area (Å²) in [5.41, 5.74) is 2.64. The number of anilines is 1. The zero-order chi connectivity index (χ0) is 29.1. The molecule has 0 saturated carbocycles. The Kier molecular flexibility index (Phi) is 7.88. The molecule has 0 amide bonds. The Bertz CT molecular complexity index is 1640. The van der Waals surface area contributed by atoms with Crippen LogP contribution in [0.3, 0.4) is 0 Å². The largest absolute Gasteiger partial charge is 0.473 e. The molecule has 2 aromatic heterocycles. The number of piperidine rings is 1. The topological polar surface area (TPSA) is 112 Å². The molecule has 2 aliphatic heterocycles. The van der Waals surface area contributed by atoms with E-state index in [1.165, 1.54) is 13.2 Å². The second-order valence-corrected chi connectivity index (χ2v) is 10.3. The van der Waals surface area contributed by atoms with Gasteiger partial charge in [-0.1, -0.05) is 12.1 Å². The lowest BCUT2D eigenvalue weighted by Gasteiger charge is -2.33. The second-order valence-electron chi connectivity index (χ2n) is 10.3. The third-order valence-electron chi connectivity index (χ3n) is 7.62. The van der Waals surface area contributed by atoms with Crippen molar-refractivity contribution in [3.63, 3.8) is 0 Å². The predicted molar refractivity (Wildman–Crippen MR) is 151 cm³/mol. The minimum absolute atomic E-state index is 0.0118. The summed E-state index contributed by atoms with van der Waals surface area (Å²) in [6, 6.07) is 17.6. The summed E-state index contributed by atoms with van der Waals surface area (Å²) in [7, 11) is 1.37. The van der Waals surface area contributed by atoms with Crippen LogP contribution in [-0.2, 0) is 22.6 Å². The maximum absolute atomic E-state index is 14.2. The van der Waals surface area contributed by atoms with Crippen molar-refractivity contribution in [2.75, 3.05) is 31.7 Å². The van der Waals surface area contributed by atoms with Crippen LogP contribution in [0.15, 0.2) is 54.6 Å². The number of imidazole rings is 1. The molecule has 4 aromatic rings. The Morgan fingerprint density at radius 3 is 2.67 bits per heavy atom. The van der Waals surface area contributed by atoms with Crippen molar-refractivity contribution < 1.29 is 28.1 Å². The van der Waals surface area contributed by atoms with Gasteiger partial charge in [-0.25, -0.2) is 9.18 Å². The van der Waals surface area contributed by atoms with E-state index in [0.29, 0.717) is 29.6 Å². The van der Waals surface area contributed by atoms with Crippen molar-refractivity contribution in [3.8, 4) is 18.0 Å². The van der Waals surface area contributed by atoms with Gasteiger partial charge >= 0.3 is 5.97 Å². The highest BCUT2D eigenvalue weighted by Crippen LogP contribution is 2.29. The smallest absolute Gasteiger partial charge is 0.337 e. The first-order chi connectivity index (χ1) is 20.5. The predicted octanol–water partition coefficient (Wildman–Crippen LogP) is 4.64. The number of carbonyl (C=O) groups is 1. The number of pyridine rings is 1. The fourth-order valence-corrected chi connectivity index (χ4v) is 5.14. The first kappa shape index (κ1) is 27.5. The molecule has 42 heavy (non-hydrogen) atoms. The molecule has 11 heteroatoms. The van der Waals surface area contributed by atoms with Crippen molar-refractivity contribution in [2.24, 2.45) is 0 Å². The molecule has 2 fully saturated rings. The highest BCUT2D eigenvalue weighted by atomic mass is 19.1. The Labute approximate surface area is 242 Å². The average molecular weight is 572 g/mol. The van der Waals surface area contributed by atoms with Crippen LogP contribution in [0.4, 0.5) is 10.2 Å². The number of carbonyl (C=O) groups excluding carboxylic acids is 1. The summed E-state index contributed by atoms with van der Waals surface area (Å²) in [4.78, 5) is 23.7. The van der Waals surface area contributed by atoms with Gasteiger partial charge in [-0.05, 0) is 42.8 Å². The molecule has 0 spiro atoms. The van der Waals surface area contributed by atoms with Gasteiger partial charge in [0, 0.05) is 44.2 Å². The molecule has 6 rings (SSSR count). The molecular weight excluding hydrogens is 541 g/mol. The van der Waals surface area contributed by atoms with E-state index in [-0.39, 0.29) is 24.4 Å². The van der Waals surface area contributed by atoms with Gasteiger partial charge in [0.1, 0.15) is 24.3 Å². The highest BCUT2D eigenvalue weighted by molar-refractivity contribution is 5.93. The van der Waals surface area contributed by atoms with Gasteiger partial charge in [-0.3, -0.25) is 4.57 Å². The van der Waals surface area contributed by atoms with Gasteiger partial charge in [0.25, 0.3) is 6.01 Å². The number of benzene rings is 2. The Morgan fingerprint density at radius 1 is 1.12 bits per heavy atom. The normalized spacial score (nSPS) is 17.0. The first-order valence-electron chi connectivity index (χ1n) is 13.9. The van der Waals surface area contributed by atoms with Crippen LogP contribution in [0.2, 0.25) is 0 Å². The van der Waals surface area contributed by atoms with Gasteiger partial charge in [0.05, 0.1) is 48.0 Å². The third-order valence-corrected chi connectivity index (χ3v) is 7.62. The SMILES string of the molecule is COC(=O)c1ccc2nc(OC3CCN(c4cccc(OCc5ccc(C#N)cc5F)n4)CC3)n(C[C@@H]3CCO3)c2c1. The van der Waals surface area contributed by atoms with Gasteiger partial charge in [0.15, 0.2) is 0 Å². The van der Waals surface area contributed by atoms with Crippen LogP contribution in [0.25, 0.3) is 11.0 Å². The Morgan fingerprint density at radius 2 is 1.95 bits per heavy atom. The number of ether oxygens (including phenoxy) is 4. The van der Waals surface area contributed by atoms with E-state index < -0.39 is 11.8 Å². The van der Waals surface area contributed by atoms with E-state index in [4.69, 9.17) is 29.2 Å². The van der Waals surface area contributed by atoms with Crippen molar-refractivity contribution in [3.05, 3.63) is 77.1 Å². The minimum Gasteiger partial charge on any atom is -0.473 e. The number of methoxy groups -OCH3 is 1. The Balaban J connectivity index is 1.10. The minimum atomic E-state index is -0.482. The van der Waals surface area contributed by atoms with Gasteiger partial charge < -0.3 is 23.8 Å². The second kappa shape index (κ2) is 12.0. The van der Waals surface area contributed by atoms with Crippen molar-refractivity contribution >= 4 is 22.8 Å².